The second-order valence-corrected chi connectivity index (χ2v) is 6.77. The summed E-state index contributed by atoms with van der Waals surface area (Å²) in [6, 6.07) is 15.4. The average molecular weight is 340 g/mol. The molecule has 0 bridgehead atoms. The first kappa shape index (κ1) is 19.2. The van der Waals surface area contributed by atoms with Crippen LogP contribution < -0.4 is 11.1 Å². The molecule has 2 rings (SSSR count). The minimum absolute atomic E-state index is 0.0869. The number of anilines is 1. The van der Waals surface area contributed by atoms with Gasteiger partial charge >= 0.3 is 0 Å². The minimum atomic E-state index is -0.708. The predicted molar refractivity (Wildman–Crippen MR) is 103 cm³/mol. The van der Waals surface area contributed by atoms with Crippen molar-refractivity contribution in [1.82, 2.24) is 0 Å². The average Bonchev–Trinajstić information content (AvgIpc) is 2.54. The molecule has 0 aromatic heterocycles. The number of para-hydroxylation sites is 1. The summed E-state index contributed by atoms with van der Waals surface area (Å²) < 4.78 is 5.85. The third-order valence-electron chi connectivity index (χ3n) is 4.02. The van der Waals surface area contributed by atoms with Crippen molar-refractivity contribution < 1.29 is 9.53 Å². The molecule has 25 heavy (non-hydrogen) atoms. The summed E-state index contributed by atoms with van der Waals surface area (Å²) in [5.74, 6) is -0.205. The number of hydrogen-bond acceptors (Lipinski definition) is 3. The van der Waals surface area contributed by atoms with E-state index >= 15 is 0 Å². The second-order valence-electron chi connectivity index (χ2n) is 6.77. The Morgan fingerprint density at radius 2 is 1.84 bits per heavy atom. The first-order valence-corrected chi connectivity index (χ1v) is 8.70. The third-order valence-corrected chi connectivity index (χ3v) is 4.02. The quantitative estimate of drug-likeness (QED) is 0.809. The van der Waals surface area contributed by atoms with Crippen LogP contribution in [0.1, 0.15) is 30.5 Å². The van der Waals surface area contributed by atoms with Gasteiger partial charge in [0.1, 0.15) is 0 Å². The molecule has 0 aliphatic heterocycles. The highest BCUT2D eigenvalue weighted by Gasteiger charge is 2.28. The van der Waals surface area contributed by atoms with Crippen LogP contribution in [0.25, 0.3) is 0 Å². The lowest BCUT2D eigenvalue weighted by Gasteiger charge is -2.26. The molecule has 2 aromatic rings. The number of rotatable bonds is 7. The van der Waals surface area contributed by atoms with E-state index < -0.39 is 12.1 Å². The lowest BCUT2D eigenvalue weighted by molar-refractivity contribution is -0.131. The molecular weight excluding hydrogens is 312 g/mol. The summed E-state index contributed by atoms with van der Waals surface area (Å²) in [6.07, 6.45) is -0.212. The lowest BCUT2D eigenvalue weighted by atomic mass is 9.99. The van der Waals surface area contributed by atoms with Gasteiger partial charge in [0, 0.05) is 11.7 Å². The molecule has 0 heterocycles. The fourth-order valence-corrected chi connectivity index (χ4v) is 2.79. The highest BCUT2D eigenvalue weighted by atomic mass is 16.5. The third kappa shape index (κ3) is 5.69. The van der Waals surface area contributed by atoms with Gasteiger partial charge in [-0.3, -0.25) is 4.79 Å². The predicted octanol–water partition coefficient (Wildman–Crippen LogP) is 3.61. The van der Waals surface area contributed by atoms with Crippen molar-refractivity contribution >= 4 is 11.6 Å². The van der Waals surface area contributed by atoms with Gasteiger partial charge < -0.3 is 15.8 Å². The van der Waals surface area contributed by atoms with Crippen molar-refractivity contribution in [1.29, 1.82) is 0 Å². The molecule has 0 saturated heterocycles. The molecule has 0 aliphatic carbocycles. The number of hydrogen-bond donors (Lipinski definition) is 2. The Morgan fingerprint density at radius 1 is 1.12 bits per heavy atom. The summed E-state index contributed by atoms with van der Waals surface area (Å²) in [4.78, 5) is 12.8. The molecule has 1 unspecified atom stereocenters. The molecule has 4 heteroatoms. The van der Waals surface area contributed by atoms with E-state index in [-0.39, 0.29) is 12.0 Å². The van der Waals surface area contributed by atoms with Crippen LogP contribution in [0.5, 0.6) is 0 Å². The maximum absolute atomic E-state index is 12.8. The first-order chi connectivity index (χ1) is 11.9. The molecule has 0 radical (unpaired) electrons. The molecule has 0 saturated carbocycles. The van der Waals surface area contributed by atoms with Crippen LogP contribution in [0.2, 0.25) is 0 Å². The van der Waals surface area contributed by atoms with Crippen LogP contribution in [0.3, 0.4) is 0 Å². The lowest BCUT2D eigenvalue weighted by Crippen LogP contribution is -2.47. The van der Waals surface area contributed by atoms with Crippen molar-refractivity contribution in [3.8, 4) is 0 Å². The summed E-state index contributed by atoms with van der Waals surface area (Å²) in [6.45, 7) is 7.82. The van der Waals surface area contributed by atoms with E-state index in [9.17, 15) is 4.79 Å². The summed E-state index contributed by atoms with van der Waals surface area (Å²) in [7, 11) is 0. The van der Waals surface area contributed by atoms with Crippen LogP contribution in [0.4, 0.5) is 5.69 Å². The summed E-state index contributed by atoms with van der Waals surface area (Å²) in [5, 5.41) is 2.95. The largest absolute Gasteiger partial charge is 0.364 e. The topological polar surface area (TPSA) is 64.3 Å². The minimum Gasteiger partial charge on any atom is -0.364 e. The fraction of sp³-hybridized carbons (Fsp3) is 0.381. The first-order valence-electron chi connectivity index (χ1n) is 8.70. The highest BCUT2D eigenvalue weighted by molar-refractivity contribution is 5.95. The van der Waals surface area contributed by atoms with Gasteiger partial charge in [-0.15, -0.1) is 0 Å². The van der Waals surface area contributed by atoms with Crippen molar-refractivity contribution in [2.75, 3.05) is 5.32 Å². The summed E-state index contributed by atoms with van der Waals surface area (Å²) >= 11 is 0. The second kappa shape index (κ2) is 8.79. The molecule has 1 amide bonds. The number of benzene rings is 2. The monoisotopic (exact) mass is 340 g/mol. The maximum atomic E-state index is 12.8. The van der Waals surface area contributed by atoms with Gasteiger partial charge in [0.25, 0.3) is 5.91 Å². The summed E-state index contributed by atoms with van der Waals surface area (Å²) in [5.41, 5.74) is 10.4. The smallest absolute Gasteiger partial charge is 0.255 e. The Bertz CT molecular complexity index is 713. The van der Waals surface area contributed by atoms with E-state index in [1.54, 1.807) is 0 Å². The normalized spacial score (nSPS) is 13.5. The zero-order valence-corrected chi connectivity index (χ0v) is 15.5. The molecule has 2 aromatic carbocycles. The molecule has 2 atom stereocenters. The SMILES string of the molecule is Cc1cccc(C[C@@H](N)C(OC(C)C)C(=O)Nc2ccccc2C)c1. The van der Waals surface area contributed by atoms with Crippen molar-refractivity contribution in [3.63, 3.8) is 0 Å². The van der Waals surface area contributed by atoms with Crippen molar-refractivity contribution in [2.24, 2.45) is 5.73 Å². The number of aryl methyl sites for hydroxylation is 2. The van der Waals surface area contributed by atoms with Crippen LogP contribution in [0.15, 0.2) is 48.5 Å². The Hall–Kier alpha value is -2.17. The van der Waals surface area contributed by atoms with E-state index in [4.69, 9.17) is 10.5 Å². The van der Waals surface area contributed by atoms with Crippen molar-refractivity contribution in [3.05, 3.63) is 65.2 Å². The van der Waals surface area contributed by atoms with E-state index in [0.29, 0.717) is 6.42 Å². The Morgan fingerprint density at radius 3 is 2.48 bits per heavy atom. The van der Waals surface area contributed by atoms with Gasteiger partial charge in [0.2, 0.25) is 0 Å². The molecular formula is C21H28N2O2. The fourth-order valence-electron chi connectivity index (χ4n) is 2.79. The molecule has 134 valence electrons. The van der Waals surface area contributed by atoms with Crippen LogP contribution in [0, 0.1) is 13.8 Å². The molecule has 4 nitrogen and oxygen atoms in total. The van der Waals surface area contributed by atoms with Crippen LogP contribution in [-0.2, 0) is 16.0 Å². The molecule has 0 fully saturated rings. The number of nitrogens with one attached hydrogen (secondary N) is 1. The van der Waals surface area contributed by atoms with E-state index in [2.05, 4.69) is 11.4 Å². The molecule has 0 spiro atoms. The van der Waals surface area contributed by atoms with Crippen LogP contribution >= 0.6 is 0 Å². The van der Waals surface area contributed by atoms with E-state index in [0.717, 1.165) is 16.8 Å². The van der Waals surface area contributed by atoms with Gasteiger partial charge in [0.15, 0.2) is 6.10 Å². The Kier molecular flexibility index (Phi) is 6.73. The zero-order chi connectivity index (χ0) is 18.4. The standard InChI is InChI=1S/C21H28N2O2/c1-14(2)25-20(18(22)13-17-10-7-8-15(3)12-17)21(24)23-19-11-6-5-9-16(19)4/h5-12,14,18,20H,13,22H2,1-4H3,(H,23,24)/t18-,20?/m1/s1. The molecule has 3 N–H and O–H groups in total. The number of ether oxygens (including phenoxy) is 1. The Labute approximate surface area is 150 Å². The molecule has 0 aliphatic rings. The van der Waals surface area contributed by atoms with Gasteiger partial charge in [-0.1, -0.05) is 48.0 Å². The van der Waals surface area contributed by atoms with Crippen LogP contribution in [-0.4, -0.2) is 24.2 Å². The van der Waals surface area contributed by atoms with E-state index in [1.807, 2.05) is 70.2 Å². The number of carbonyl (C=O) groups is 1. The maximum Gasteiger partial charge on any atom is 0.255 e. The van der Waals surface area contributed by atoms with Gasteiger partial charge in [-0.05, 0) is 51.3 Å². The van der Waals surface area contributed by atoms with Gasteiger partial charge in [-0.2, -0.15) is 0 Å². The van der Waals surface area contributed by atoms with Gasteiger partial charge in [0.05, 0.1) is 6.10 Å². The zero-order valence-electron chi connectivity index (χ0n) is 15.5. The number of carbonyl (C=O) groups excluding carboxylic acids is 1. The highest BCUT2D eigenvalue weighted by Crippen LogP contribution is 2.16. The Balaban J connectivity index is 2.13. The van der Waals surface area contributed by atoms with Crippen molar-refractivity contribution in [2.45, 2.75) is 52.4 Å². The van der Waals surface area contributed by atoms with E-state index in [1.165, 1.54) is 5.56 Å². The number of nitrogens with two attached hydrogens (primary N) is 1. The van der Waals surface area contributed by atoms with Gasteiger partial charge in [-0.25, -0.2) is 0 Å². The number of amides is 1.